The molecule has 0 bridgehead atoms. The monoisotopic (exact) mass is 413 g/mol. The molecule has 3 rings (SSSR count). The Bertz CT molecular complexity index is 984. The van der Waals surface area contributed by atoms with Crippen molar-refractivity contribution in [2.24, 2.45) is 0 Å². The minimum absolute atomic E-state index is 0.0383. The average Bonchev–Trinajstić information content (AvgIpc) is 2.63. The molecule has 1 heterocycles. The van der Waals surface area contributed by atoms with Crippen LogP contribution in [0.5, 0.6) is 0 Å². The summed E-state index contributed by atoms with van der Waals surface area (Å²) in [4.78, 5) is 1.76. The second-order valence-corrected chi connectivity index (χ2v) is 8.46. The summed E-state index contributed by atoms with van der Waals surface area (Å²) in [5, 5.41) is 9.55. The van der Waals surface area contributed by atoms with E-state index in [9.17, 15) is 12.8 Å². The van der Waals surface area contributed by atoms with Crippen LogP contribution in [-0.4, -0.2) is 38.9 Å². The number of nitrogens with zero attached hydrogens (tertiary/aromatic N) is 3. The van der Waals surface area contributed by atoms with Gasteiger partial charge >= 0.3 is 0 Å². The largest absolute Gasteiger partial charge is 0.368 e. The van der Waals surface area contributed by atoms with Gasteiger partial charge in [0.05, 0.1) is 10.7 Å². The van der Waals surface area contributed by atoms with E-state index in [4.69, 9.17) is 28.5 Å². The third-order valence-corrected chi connectivity index (χ3v) is 6.81. The molecule has 0 radical (unpaired) electrons. The molecule has 0 aromatic heterocycles. The molecule has 136 valence electrons. The summed E-state index contributed by atoms with van der Waals surface area (Å²) in [6.45, 7) is 1.03. The molecule has 2 aromatic rings. The zero-order valence-corrected chi connectivity index (χ0v) is 15.8. The number of benzene rings is 2. The van der Waals surface area contributed by atoms with Gasteiger partial charge in [-0.3, -0.25) is 0 Å². The molecule has 0 spiro atoms. The van der Waals surface area contributed by atoms with Crippen molar-refractivity contribution in [1.82, 2.24) is 4.31 Å². The molecule has 0 aliphatic carbocycles. The summed E-state index contributed by atoms with van der Waals surface area (Å²) in [5.74, 6) is -0.592. The first-order valence-corrected chi connectivity index (χ1v) is 9.93. The first-order chi connectivity index (χ1) is 12.3. The Hall–Kier alpha value is -1.85. The molecule has 0 saturated carbocycles. The van der Waals surface area contributed by atoms with E-state index < -0.39 is 15.8 Å². The summed E-state index contributed by atoms with van der Waals surface area (Å²) in [6, 6.07) is 10.6. The Morgan fingerprint density at radius 2 is 1.77 bits per heavy atom. The van der Waals surface area contributed by atoms with Gasteiger partial charge < -0.3 is 4.90 Å². The molecule has 0 N–H and O–H groups in total. The summed E-state index contributed by atoms with van der Waals surface area (Å²) in [6.07, 6.45) is 0. The van der Waals surface area contributed by atoms with E-state index in [0.29, 0.717) is 18.8 Å². The van der Waals surface area contributed by atoms with Crippen LogP contribution in [0.1, 0.15) is 5.56 Å². The Balaban J connectivity index is 1.82. The average molecular weight is 414 g/mol. The van der Waals surface area contributed by atoms with E-state index in [1.54, 1.807) is 11.0 Å². The third-order valence-electron chi connectivity index (χ3n) is 4.19. The SMILES string of the molecule is N#Cc1c(F)cccc1N1CCN(S(=O)(=O)c2cc(Cl)ccc2Cl)CC1. The first kappa shape index (κ1) is 18.9. The van der Waals surface area contributed by atoms with Crippen molar-refractivity contribution in [1.29, 1.82) is 5.26 Å². The van der Waals surface area contributed by atoms with Crippen molar-refractivity contribution in [2.75, 3.05) is 31.1 Å². The standard InChI is InChI=1S/C17H14Cl2FN3O2S/c18-12-4-5-14(19)17(10-12)26(24,25)23-8-6-22(7-9-23)16-3-1-2-15(20)13(16)11-21/h1-5,10H,6-9H2. The maximum Gasteiger partial charge on any atom is 0.244 e. The third kappa shape index (κ3) is 3.51. The summed E-state index contributed by atoms with van der Waals surface area (Å²) in [5.41, 5.74) is 0.423. The normalized spacial score (nSPS) is 15.7. The fourth-order valence-corrected chi connectivity index (χ4v) is 5.03. The molecule has 1 aliphatic rings. The van der Waals surface area contributed by atoms with Crippen LogP contribution in [0.4, 0.5) is 10.1 Å². The van der Waals surface area contributed by atoms with E-state index >= 15 is 0 Å². The lowest BCUT2D eigenvalue weighted by molar-refractivity contribution is 0.384. The van der Waals surface area contributed by atoms with Gasteiger partial charge in [0.2, 0.25) is 10.0 Å². The summed E-state index contributed by atoms with van der Waals surface area (Å²) < 4.78 is 40.8. The van der Waals surface area contributed by atoms with Crippen LogP contribution in [0.3, 0.4) is 0 Å². The van der Waals surface area contributed by atoms with E-state index in [1.165, 1.54) is 34.6 Å². The fraction of sp³-hybridized carbons (Fsp3) is 0.235. The zero-order valence-electron chi connectivity index (χ0n) is 13.5. The number of anilines is 1. The number of rotatable bonds is 3. The second kappa shape index (κ2) is 7.41. The van der Waals surface area contributed by atoms with Crippen LogP contribution in [0, 0.1) is 17.1 Å². The van der Waals surface area contributed by atoms with Crippen molar-refractivity contribution < 1.29 is 12.8 Å². The zero-order chi connectivity index (χ0) is 18.9. The summed E-state index contributed by atoms with van der Waals surface area (Å²) in [7, 11) is -3.79. The van der Waals surface area contributed by atoms with E-state index in [1.807, 2.05) is 6.07 Å². The highest BCUT2D eigenvalue weighted by atomic mass is 35.5. The van der Waals surface area contributed by atoms with Gasteiger partial charge in [-0.15, -0.1) is 0 Å². The molecule has 1 fully saturated rings. The Kier molecular flexibility index (Phi) is 5.39. The molecule has 0 amide bonds. The van der Waals surface area contributed by atoms with Crippen LogP contribution < -0.4 is 4.90 Å². The van der Waals surface area contributed by atoms with Gasteiger partial charge in [-0.05, 0) is 30.3 Å². The Labute approximate surface area is 161 Å². The van der Waals surface area contributed by atoms with Crippen LogP contribution >= 0.6 is 23.2 Å². The first-order valence-electron chi connectivity index (χ1n) is 7.73. The minimum Gasteiger partial charge on any atom is -0.368 e. The van der Waals surface area contributed by atoms with Gasteiger partial charge in [0, 0.05) is 31.2 Å². The van der Waals surface area contributed by atoms with Gasteiger partial charge in [-0.25, -0.2) is 12.8 Å². The molecule has 2 aromatic carbocycles. The predicted molar refractivity (Wildman–Crippen MR) is 98.5 cm³/mol. The maximum absolute atomic E-state index is 13.8. The molecule has 0 unspecified atom stereocenters. The lowest BCUT2D eigenvalue weighted by Crippen LogP contribution is -2.49. The van der Waals surface area contributed by atoms with Gasteiger partial charge in [-0.1, -0.05) is 29.3 Å². The molecular formula is C17H14Cl2FN3O2S. The molecule has 1 saturated heterocycles. The van der Waals surface area contributed by atoms with Gasteiger partial charge in [0.1, 0.15) is 22.3 Å². The minimum atomic E-state index is -3.79. The number of nitriles is 1. The van der Waals surface area contributed by atoms with Crippen molar-refractivity contribution >= 4 is 38.9 Å². The lowest BCUT2D eigenvalue weighted by Gasteiger charge is -2.35. The highest BCUT2D eigenvalue weighted by Gasteiger charge is 2.31. The van der Waals surface area contributed by atoms with Gasteiger partial charge in [-0.2, -0.15) is 9.57 Å². The van der Waals surface area contributed by atoms with Crippen LogP contribution in [0.25, 0.3) is 0 Å². The van der Waals surface area contributed by atoms with Crippen LogP contribution in [-0.2, 0) is 10.0 Å². The van der Waals surface area contributed by atoms with E-state index in [0.717, 1.165) is 0 Å². The molecule has 5 nitrogen and oxygen atoms in total. The van der Waals surface area contributed by atoms with E-state index in [-0.39, 0.29) is 33.6 Å². The predicted octanol–water partition coefficient (Wildman–Crippen LogP) is 3.52. The van der Waals surface area contributed by atoms with Crippen molar-refractivity contribution in [3.63, 3.8) is 0 Å². The van der Waals surface area contributed by atoms with Gasteiger partial charge in [0.15, 0.2) is 0 Å². The summed E-state index contributed by atoms with van der Waals surface area (Å²) >= 11 is 11.9. The maximum atomic E-state index is 13.8. The number of hydrogen-bond acceptors (Lipinski definition) is 4. The Morgan fingerprint density at radius 3 is 2.42 bits per heavy atom. The lowest BCUT2D eigenvalue weighted by atomic mass is 10.1. The van der Waals surface area contributed by atoms with Crippen molar-refractivity contribution in [3.05, 3.63) is 57.8 Å². The molecule has 9 heteroatoms. The quantitative estimate of drug-likeness (QED) is 0.771. The molecule has 26 heavy (non-hydrogen) atoms. The highest BCUT2D eigenvalue weighted by Crippen LogP contribution is 2.29. The van der Waals surface area contributed by atoms with Gasteiger partial charge in [0.25, 0.3) is 0 Å². The van der Waals surface area contributed by atoms with Crippen molar-refractivity contribution in [2.45, 2.75) is 4.90 Å². The number of sulfonamides is 1. The molecular weight excluding hydrogens is 400 g/mol. The molecule has 0 atom stereocenters. The highest BCUT2D eigenvalue weighted by molar-refractivity contribution is 7.89. The van der Waals surface area contributed by atoms with E-state index in [2.05, 4.69) is 0 Å². The smallest absolute Gasteiger partial charge is 0.244 e. The number of piperazine rings is 1. The fourth-order valence-electron chi connectivity index (χ4n) is 2.87. The van der Waals surface area contributed by atoms with Crippen LogP contribution in [0.15, 0.2) is 41.3 Å². The van der Waals surface area contributed by atoms with Crippen LogP contribution in [0.2, 0.25) is 10.0 Å². The topological polar surface area (TPSA) is 64.4 Å². The number of hydrogen-bond donors (Lipinski definition) is 0. The Morgan fingerprint density at radius 1 is 1.08 bits per heavy atom. The second-order valence-electron chi connectivity index (χ2n) is 5.71. The molecule has 1 aliphatic heterocycles. The number of halogens is 3. The van der Waals surface area contributed by atoms with Crippen molar-refractivity contribution in [3.8, 4) is 6.07 Å².